The number of methoxy groups -OCH3 is 1. The third-order valence-electron chi connectivity index (χ3n) is 4.75. The first-order valence-electron chi connectivity index (χ1n) is 8.96. The summed E-state index contributed by atoms with van der Waals surface area (Å²) in [4.78, 5) is 31.5. The van der Waals surface area contributed by atoms with E-state index in [0.717, 1.165) is 17.0 Å². The SMILES string of the molecule is COc1cccc(CCC(=O)N2CCN(C(=O)Cc3ccc[nH]3)CC2)c1. The molecule has 1 aromatic heterocycles. The predicted molar refractivity (Wildman–Crippen MR) is 99.0 cm³/mol. The Morgan fingerprint density at radius 2 is 1.77 bits per heavy atom. The van der Waals surface area contributed by atoms with Gasteiger partial charge >= 0.3 is 0 Å². The van der Waals surface area contributed by atoms with Crippen LogP contribution in [0.3, 0.4) is 0 Å². The second-order valence-electron chi connectivity index (χ2n) is 6.49. The van der Waals surface area contributed by atoms with Gasteiger partial charge in [0.1, 0.15) is 5.75 Å². The number of carbonyl (C=O) groups excluding carboxylic acids is 2. The maximum atomic E-state index is 12.4. The Morgan fingerprint density at radius 3 is 2.42 bits per heavy atom. The molecule has 1 N–H and O–H groups in total. The molecule has 0 radical (unpaired) electrons. The largest absolute Gasteiger partial charge is 0.497 e. The summed E-state index contributed by atoms with van der Waals surface area (Å²) >= 11 is 0. The first-order valence-corrected chi connectivity index (χ1v) is 8.96. The van der Waals surface area contributed by atoms with Gasteiger partial charge in [-0.1, -0.05) is 12.1 Å². The quantitative estimate of drug-likeness (QED) is 0.860. The van der Waals surface area contributed by atoms with Crippen molar-refractivity contribution in [2.75, 3.05) is 33.3 Å². The van der Waals surface area contributed by atoms with Crippen LogP contribution in [0, 0.1) is 0 Å². The van der Waals surface area contributed by atoms with Gasteiger partial charge in [-0.05, 0) is 36.2 Å². The van der Waals surface area contributed by atoms with Crippen molar-refractivity contribution in [2.45, 2.75) is 19.3 Å². The zero-order valence-corrected chi connectivity index (χ0v) is 15.1. The minimum Gasteiger partial charge on any atom is -0.497 e. The lowest BCUT2D eigenvalue weighted by atomic mass is 10.1. The molecule has 1 aromatic carbocycles. The molecule has 138 valence electrons. The van der Waals surface area contributed by atoms with Crippen LogP contribution in [0.5, 0.6) is 5.75 Å². The molecule has 6 heteroatoms. The van der Waals surface area contributed by atoms with Crippen LogP contribution < -0.4 is 4.74 Å². The van der Waals surface area contributed by atoms with Gasteiger partial charge in [0.2, 0.25) is 11.8 Å². The third kappa shape index (κ3) is 4.65. The zero-order chi connectivity index (χ0) is 18.4. The van der Waals surface area contributed by atoms with Gasteiger partial charge in [-0.2, -0.15) is 0 Å². The van der Waals surface area contributed by atoms with Gasteiger partial charge in [-0.3, -0.25) is 9.59 Å². The van der Waals surface area contributed by atoms with E-state index in [0.29, 0.717) is 45.4 Å². The molecule has 0 unspecified atom stereocenters. The third-order valence-corrected chi connectivity index (χ3v) is 4.75. The van der Waals surface area contributed by atoms with E-state index >= 15 is 0 Å². The second kappa shape index (κ2) is 8.56. The van der Waals surface area contributed by atoms with Crippen LogP contribution in [0.2, 0.25) is 0 Å². The molecule has 6 nitrogen and oxygen atoms in total. The van der Waals surface area contributed by atoms with E-state index in [2.05, 4.69) is 4.98 Å². The van der Waals surface area contributed by atoms with Crippen molar-refractivity contribution in [2.24, 2.45) is 0 Å². The lowest BCUT2D eigenvalue weighted by Crippen LogP contribution is -2.51. The summed E-state index contributed by atoms with van der Waals surface area (Å²) in [6.07, 6.45) is 3.38. The number of H-pyrrole nitrogens is 1. The van der Waals surface area contributed by atoms with Crippen LogP contribution in [-0.4, -0.2) is 59.9 Å². The molecule has 0 atom stereocenters. The highest BCUT2D eigenvalue weighted by Crippen LogP contribution is 2.15. The number of benzene rings is 1. The zero-order valence-electron chi connectivity index (χ0n) is 15.1. The van der Waals surface area contributed by atoms with Crippen molar-refractivity contribution in [1.82, 2.24) is 14.8 Å². The number of hydrogen-bond acceptors (Lipinski definition) is 3. The van der Waals surface area contributed by atoms with E-state index in [-0.39, 0.29) is 11.8 Å². The number of amides is 2. The lowest BCUT2D eigenvalue weighted by molar-refractivity contribution is -0.139. The van der Waals surface area contributed by atoms with Crippen molar-refractivity contribution < 1.29 is 14.3 Å². The molecule has 26 heavy (non-hydrogen) atoms. The molecule has 0 aliphatic carbocycles. The minimum atomic E-state index is 0.107. The fourth-order valence-electron chi connectivity index (χ4n) is 3.19. The number of aromatic amines is 1. The molecule has 0 saturated carbocycles. The van der Waals surface area contributed by atoms with Crippen molar-refractivity contribution in [1.29, 1.82) is 0 Å². The van der Waals surface area contributed by atoms with Gasteiger partial charge in [-0.25, -0.2) is 0 Å². The molecule has 2 aromatic rings. The Hall–Kier alpha value is -2.76. The van der Waals surface area contributed by atoms with E-state index in [1.165, 1.54) is 0 Å². The Morgan fingerprint density at radius 1 is 1.04 bits per heavy atom. The molecule has 1 aliphatic rings. The Balaban J connectivity index is 1.43. The lowest BCUT2D eigenvalue weighted by Gasteiger charge is -2.35. The second-order valence-corrected chi connectivity index (χ2v) is 6.49. The number of nitrogens with one attached hydrogen (secondary N) is 1. The maximum Gasteiger partial charge on any atom is 0.228 e. The molecule has 1 aliphatic heterocycles. The molecule has 1 fully saturated rings. The first kappa shape index (κ1) is 18.0. The van der Waals surface area contributed by atoms with E-state index < -0.39 is 0 Å². The van der Waals surface area contributed by atoms with Gasteiger partial charge in [-0.15, -0.1) is 0 Å². The predicted octanol–water partition coefficient (Wildman–Crippen LogP) is 1.87. The molecule has 3 rings (SSSR count). The molecular weight excluding hydrogens is 330 g/mol. The van der Waals surface area contributed by atoms with Crippen LogP contribution in [-0.2, 0) is 22.4 Å². The molecule has 0 bridgehead atoms. The standard InChI is InChI=1S/C20H25N3O3/c1-26-18-6-2-4-16(14-18)7-8-19(24)22-10-12-23(13-11-22)20(25)15-17-5-3-9-21-17/h2-6,9,14,21H,7-8,10-13,15H2,1H3. The fraction of sp³-hybridized carbons (Fsp3) is 0.400. The first-order chi connectivity index (χ1) is 12.7. The summed E-state index contributed by atoms with van der Waals surface area (Å²) in [6.45, 7) is 2.41. The highest BCUT2D eigenvalue weighted by Gasteiger charge is 2.24. The normalized spacial score (nSPS) is 14.3. The number of aromatic nitrogens is 1. The van der Waals surface area contributed by atoms with E-state index in [1.54, 1.807) is 7.11 Å². The van der Waals surface area contributed by atoms with Crippen LogP contribution in [0.25, 0.3) is 0 Å². The average molecular weight is 355 g/mol. The number of piperazine rings is 1. The molecule has 1 saturated heterocycles. The van der Waals surface area contributed by atoms with E-state index in [9.17, 15) is 9.59 Å². The van der Waals surface area contributed by atoms with E-state index in [1.807, 2.05) is 52.4 Å². The molecule has 2 amide bonds. The average Bonchev–Trinajstić information content (AvgIpc) is 3.19. The van der Waals surface area contributed by atoms with Gasteiger partial charge in [0.05, 0.1) is 13.5 Å². The fourth-order valence-corrected chi connectivity index (χ4v) is 3.19. The van der Waals surface area contributed by atoms with Gasteiger partial charge in [0, 0.05) is 44.5 Å². The van der Waals surface area contributed by atoms with Crippen LogP contribution >= 0.6 is 0 Å². The number of hydrogen-bond donors (Lipinski definition) is 1. The minimum absolute atomic E-state index is 0.107. The van der Waals surface area contributed by atoms with Gasteiger partial charge < -0.3 is 19.5 Å². The molecule has 2 heterocycles. The monoisotopic (exact) mass is 355 g/mol. The van der Waals surface area contributed by atoms with Crippen molar-refractivity contribution in [3.05, 3.63) is 53.9 Å². The van der Waals surface area contributed by atoms with E-state index in [4.69, 9.17) is 4.74 Å². The number of ether oxygens (including phenoxy) is 1. The number of nitrogens with zero attached hydrogens (tertiary/aromatic N) is 2. The Bertz CT molecular complexity index is 735. The summed E-state index contributed by atoms with van der Waals surface area (Å²) in [5.41, 5.74) is 2.02. The Kier molecular flexibility index (Phi) is 5.94. The van der Waals surface area contributed by atoms with Crippen LogP contribution in [0.1, 0.15) is 17.7 Å². The topological polar surface area (TPSA) is 65.6 Å². The van der Waals surface area contributed by atoms with Crippen LogP contribution in [0.15, 0.2) is 42.6 Å². The Labute approximate surface area is 153 Å². The van der Waals surface area contributed by atoms with Crippen molar-refractivity contribution in [3.8, 4) is 5.75 Å². The highest BCUT2D eigenvalue weighted by atomic mass is 16.5. The number of rotatable bonds is 6. The number of carbonyl (C=O) groups is 2. The summed E-state index contributed by atoms with van der Waals surface area (Å²) in [5, 5.41) is 0. The van der Waals surface area contributed by atoms with Crippen LogP contribution in [0.4, 0.5) is 0 Å². The summed E-state index contributed by atoms with van der Waals surface area (Å²) in [7, 11) is 1.64. The molecular formula is C20H25N3O3. The molecule has 0 spiro atoms. The smallest absolute Gasteiger partial charge is 0.228 e. The van der Waals surface area contributed by atoms with Gasteiger partial charge in [0.15, 0.2) is 0 Å². The summed E-state index contributed by atoms with van der Waals surface area (Å²) in [6, 6.07) is 11.6. The number of aryl methyl sites for hydroxylation is 1. The maximum absolute atomic E-state index is 12.4. The summed E-state index contributed by atoms with van der Waals surface area (Å²) in [5.74, 6) is 1.06. The summed E-state index contributed by atoms with van der Waals surface area (Å²) < 4.78 is 5.21. The highest BCUT2D eigenvalue weighted by molar-refractivity contribution is 5.79. The van der Waals surface area contributed by atoms with Crippen molar-refractivity contribution >= 4 is 11.8 Å². The van der Waals surface area contributed by atoms with Gasteiger partial charge in [0.25, 0.3) is 0 Å². The van der Waals surface area contributed by atoms with Crippen molar-refractivity contribution in [3.63, 3.8) is 0 Å².